The number of ether oxygens (including phenoxy) is 1. The zero-order valence-corrected chi connectivity index (χ0v) is 12.7. The van der Waals surface area contributed by atoms with Crippen LogP contribution in [0.4, 0.5) is 0 Å². The van der Waals surface area contributed by atoms with Crippen molar-refractivity contribution in [2.45, 2.75) is 37.2 Å². The summed E-state index contributed by atoms with van der Waals surface area (Å²) in [7, 11) is 0. The summed E-state index contributed by atoms with van der Waals surface area (Å²) in [5.41, 5.74) is 0.0865. The molecule has 1 aliphatic carbocycles. The van der Waals surface area contributed by atoms with E-state index in [2.05, 4.69) is 0 Å². The van der Waals surface area contributed by atoms with Gasteiger partial charge >= 0.3 is 5.97 Å². The number of hydrogen-bond acceptors (Lipinski definition) is 3. The molecule has 20 heavy (non-hydrogen) atoms. The number of benzene rings is 1. The lowest BCUT2D eigenvalue weighted by Crippen LogP contribution is -2.23. The van der Waals surface area contributed by atoms with Crippen molar-refractivity contribution in [3.8, 4) is 5.75 Å². The third kappa shape index (κ3) is 2.63. The zero-order chi connectivity index (χ0) is 14.2. The summed E-state index contributed by atoms with van der Waals surface area (Å²) in [5.74, 6) is 2.11. The van der Waals surface area contributed by atoms with Gasteiger partial charge in [0.1, 0.15) is 11.9 Å². The molecule has 3 rings (SSSR count). The first kappa shape index (κ1) is 14.1. The van der Waals surface area contributed by atoms with E-state index in [9.17, 15) is 9.90 Å². The molecule has 1 saturated heterocycles. The quantitative estimate of drug-likeness (QED) is 0.920. The number of rotatable bonds is 4. The van der Waals surface area contributed by atoms with Gasteiger partial charge in [-0.3, -0.25) is 4.79 Å². The third-order valence-electron chi connectivity index (χ3n) is 4.06. The Morgan fingerprint density at radius 2 is 2.25 bits per heavy atom. The van der Waals surface area contributed by atoms with E-state index in [0.717, 1.165) is 17.7 Å². The van der Waals surface area contributed by atoms with Crippen molar-refractivity contribution in [3.63, 3.8) is 0 Å². The van der Waals surface area contributed by atoms with E-state index in [1.165, 1.54) is 12.2 Å². The SMILES string of the molecule is O=C(O)C1(c2ccc(OC3CCCSC3)c(Cl)c2)CC1. The molecular formula is C15H17ClO3S. The Morgan fingerprint density at radius 3 is 2.80 bits per heavy atom. The van der Waals surface area contributed by atoms with Crippen LogP contribution in [0.2, 0.25) is 5.02 Å². The maximum Gasteiger partial charge on any atom is 0.314 e. The smallest absolute Gasteiger partial charge is 0.314 e. The Bertz CT molecular complexity index is 522. The van der Waals surface area contributed by atoms with Crippen LogP contribution in [-0.4, -0.2) is 28.7 Å². The van der Waals surface area contributed by atoms with Crippen molar-refractivity contribution in [1.29, 1.82) is 0 Å². The number of thioether (sulfide) groups is 1. The van der Waals surface area contributed by atoms with Gasteiger partial charge in [0.15, 0.2) is 0 Å². The molecular weight excluding hydrogens is 296 g/mol. The molecule has 2 aliphatic rings. The van der Waals surface area contributed by atoms with E-state index in [1.807, 2.05) is 23.9 Å². The lowest BCUT2D eigenvalue weighted by atomic mass is 9.96. The molecule has 0 amide bonds. The number of carboxylic acid groups (broad SMARTS) is 1. The minimum atomic E-state index is -0.758. The number of carbonyl (C=O) groups is 1. The predicted octanol–water partition coefficient (Wildman–Crippen LogP) is 3.73. The standard InChI is InChI=1S/C15H17ClO3S/c16-12-8-10(15(5-6-15)14(17)18)3-4-13(12)19-11-2-1-7-20-9-11/h3-4,8,11H,1-2,5-7,9H2,(H,17,18). The van der Waals surface area contributed by atoms with Gasteiger partial charge in [0, 0.05) is 5.75 Å². The number of carboxylic acids is 1. The molecule has 0 spiro atoms. The molecule has 1 N–H and O–H groups in total. The summed E-state index contributed by atoms with van der Waals surface area (Å²) < 4.78 is 5.93. The second-order valence-electron chi connectivity index (χ2n) is 5.49. The Labute approximate surface area is 127 Å². The van der Waals surface area contributed by atoms with Gasteiger partial charge in [-0.25, -0.2) is 0 Å². The predicted molar refractivity (Wildman–Crippen MR) is 81.0 cm³/mol. The molecule has 1 atom stereocenters. The van der Waals surface area contributed by atoms with E-state index in [1.54, 1.807) is 6.07 Å². The average Bonchev–Trinajstić information content (AvgIpc) is 3.24. The number of hydrogen-bond donors (Lipinski definition) is 1. The van der Waals surface area contributed by atoms with E-state index < -0.39 is 11.4 Å². The van der Waals surface area contributed by atoms with Crippen LogP contribution in [0.15, 0.2) is 18.2 Å². The van der Waals surface area contributed by atoms with E-state index in [-0.39, 0.29) is 6.10 Å². The van der Waals surface area contributed by atoms with Gasteiger partial charge < -0.3 is 9.84 Å². The first-order chi connectivity index (χ1) is 9.62. The fraction of sp³-hybridized carbons (Fsp3) is 0.533. The second kappa shape index (κ2) is 5.49. The molecule has 108 valence electrons. The molecule has 1 aromatic carbocycles. The summed E-state index contributed by atoms with van der Waals surface area (Å²) in [4.78, 5) is 11.3. The van der Waals surface area contributed by atoms with E-state index >= 15 is 0 Å². The van der Waals surface area contributed by atoms with Crippen molar-refractivity contribution >= 4 is 29.3 Å². The molecule has 2 fully saturated rings. The first-order valence-corrected chi connectivity index (χ1v) is 8.43. The van der Waals surface area contributed by atoms with E-state index in [4.69, 9.17) is 16.3 Å². The highest BCUT2D eigenvalue weighted by Gasteiger charge is 2.51. The maximum atomic E-state index is 11.3. The van der Waals surface area contributed by atoms with Gasteiger partial charge in [0.05, 0.1) is 10.4 Å². The summed E-state index contributed by atoms with van der Waals surface area (Å²) in [6.07, 6.45) is 3.83. The van der Waals surface area contributed by atoms with Crippen molar-refractivity contribution in [3.05, 3.63) is 28.8 Å². The summed E-state index contributed by atoms with van der Waals surface area (Å²) >= 11 is 8.17. The van der Waals surface area contributed by atoms with E-state index in [0.29, 0.717) is 23.6 Å². The highest BCUT2D eigenvalue weighted by molar-refractivity contribution is 7.99. The first-order valence-electron chi connectivity index (χ1n) is 6.90. The van der Waals surface area contributed by atoms with Gasteiger partial charge in [0.25, 0.3) is 0 Å². The lowest BCUT2D eigenvalue weighted by Gasteiger charge is -2.23. The molecule has 5 heteroatoms. The molecule has 1 unspecified atom stereocenters. The van der Waals surface area contributed by atoms with Crippen LogP contribution in [0.25, 0.3) is 0 Å². The molecule has 0 aromatic heterocycles. The van der Waals surface area contributed by atoms with Crippen molar-refractivity contribution in [2.75, 3.05) is 11.5 Å². The Balaban J connectivity index is 1.76. The second-order valence-corrected chi connectivity index (χ2v) is 7.05. The largest absolute Gasteiger partial charge is 0.488 e. The minimum absolute atomic E-state index is 0.214. The van der Waals surface area contributed by atoms with Crippen LogP contribution < -0.4 is 4.74 Å². The number of aliphatic carboxylic acids is 1. The number of halogens is 1. The van der Waals surface area contributed by atoms with Gasteiger partial charge in [-0.15, -0.1) is 0 Å². The molecule has 0 radical (unpaired) electrons. The van der Waals surface area contributed by atoms with Gasteiger partial charge in [-0.2, -0.15) is 11.8 Å². The normalized spacial score (nSPS) is 24.1. The monoisotopic (exact) mass is 312 g/mol. The van der Waals surface area contributed by atoms with Gasteiger partial charge in [-0.1, -0.05) is 17.7 Å². The van der Waals surface area contributed by atoms with Gasteiger partial charge in [-0.05, 0) is 49.1 Å². The molecule has 1 heterocycles. The fourth-order valence-corrected chi connectivity index (χ4v) is 3.89. The van der Waals surface area contributed by atoms with Crippen molar-refractivity contribution in [2.24, 2.45) is 0 Å². The third-order valence-corrected chi connectivity index (χ3v) is 5.54. The maximum absolute atomic E-state index is 11.3. The molecule has 1 aromatic rings. The van der Waals surface area contributed by atoms with Crippen molar-refractivity contribution in [1.82, 2.24) is 0 Å². The van der Waals surface area contributed by atoms with Crippen LogP contribution in [0.3, 0.4) is 0 Å². The summed E-state index contributed by atoms with van der Waals surface area (Å²) in [6, 6.07) is 5.42. The van der Waals surface area contributed by atoms with Crippen LogP contribution in [0.1, 0.15) is 31.2 Å². The Hall–Kier alpha value is -0.870. The Kier molecular flexibility index (Phi) is 3.87. The highest BCUT2D eigenvalue weighted by atomic mass is 35.5. The minimum Gasteiger partial charge on any atom is -0.488 e. The Morgan fingerprint density at radius 1 is 1.45 bits per heavy atom. The lowest BCUT2D eigenvalue weighted by molar-refractivity contribution is -0.140. The van der Waals surface area contributed by atoms with Gasteiger partial charge in [0.2, 0.25) is 0 Å². The van der Waals surface area contributed by atoms with Crippen molar-refractivity contribution < 1.29 is 14.6 Å². The van der Waals surface area contributed by atoms with Crippen LogP contribution in [0, 0.1) is 0 Å². The summed E-state index contributed by atoms with van der Waals surface area (Å²) in [5, 5.41) is 9.82. The van der Waals surface area contributed by atoms with Crippen LogP contribution in [-0.2, 0) is 10.2 Å². The molecule has 0 bridgehead atoms. The summed E-state index contributed by atoms with van der Waals surface area (Å²) in [6.45, 7) is 0. The fourth-order valence-electron chi connectivity index (χ4n) is 2.63. The molecule has 3 nitrogen and oxygen atoms in total. The zero-order valence-electron chi connectivity index (χ0n) is 11.1. The van der Waals surface area contributed by atoms with Crippen LogP contribution >= 0.6 is 23.4 Å². The highest BCUT2D eigenvalue weighted by Crippen LogP contribution is 2.49. The molecule has 1 aliphatic heterocycles. The average molecular weight is 313 g/mol. The molecule has 1 saturated carbocycles. The van der Waals surface area contributed by atoms with Crippen LogP contribution in [0.5, 0.6) is 5.75 Å². The topological polar surface area (TPSA) is 46.5 Å².